The summed E-state index contributed by atoms with van der Waals surface area (Å²) in [5.41, 5.74) is 0.0294. The molecule has 0 unspecified atom stereocenters. The summed E-state index contributed by atoms with van der Waals surface area (Å²) in [6.45, 7) is 6.52. The van der Waals surface area contributed by atoms with Crippen molar-refractivity contribution < 1.29 is 9.53 Å². The Kier molecular flexibility index (Phi) is 4.52. The van der Waals surface area contributed by atoms with E-state index in [1.54, 1.807) is 11.1 Å². The van der Waals surface area contributed by atoms with E-state index in [1.807, 2.05) is 34.9 Å². The smallest absolute Gasteiger partial charge is 0.332 e. The number of carbonyl (C=O) groups is 1. The normalized spacial score (nSPS) is 11.8. The molecule has 13 heavy (non-hydrogen) atoms. The molecule has 0 aromatic heterocycles. The molecule has 0 N–H and O–H groups in total. The molecule has 76 valence electrons. The van der Waals surface area contributed by atoms with E-state index < -0.39 is 0 Å². The van der Waals surface area contributed by atoms with Crippen LogP contribution < -0.4 is 0 Å². The van der Waals surface area contributed by atoms with Gasteiger partial charge in [0.25, 0.3) is 0 Å². The molecule has 0 fully saturated rings. The van der Waals surface area contributed by atoms with Gasteiger partial charge in [0, 0.05) is 26.4 Å². The Labute approximate surface area is 80.4 Å². The molecule has 0 aromatic carbocycles. The van der Waals surface area contributed by atoms with Crippen LogP contribution in [0.3, 0.4) is 0 Å². The Balaban J connectivity index is 3.77. The molecule has 0 aromatic rings. The van der Waals surface area contributed by atoms with E-state index in [0.717, 1.165) is 0 Å². The number of carbonyl (C=O) groups excluding carboxylic acids is 1. The SMILES string of the molecule is CN(C)/C=C/C(=O)OCC(C)(C)C. The van der Waals surface area contributed by atoms with E-state index in [0.29, 0.717) is 6.61 Å². The van der Waals surface area contributed by atoms with Crippen molar-refractivity contribution in [2.75, 3.05) is 20.7 Å². The largest absolute Gasteiger partial charge is 0.462 e. The van der Waals surface area contributed by atoms with Crippen molar-refractivity contribution in [2.24, 2.45) is 5.41 Å². The molecule has 0 aliphatic rings. The number of nitrogens with zero attached hydrogens (tertiary/aromatic N) is 1. The molecule has 0 aliphatic heterocycles. The van der Waals surface area contributed by atoms with Crippen LogP contribution in [0.25, 0.3) is 0 Å². The first-order chi connectivity index (χ1) is 5.81. The lowest BCUT2D eigenvalue weighted by molar-refractivity contribution is -0.140. The van der Waals surface area contributed by atoms with E-state index in [-0.39, 0.29) is 11.4 Å². The summed E-state index contributed by atoms with van der Waals surface area (Å²) in [5.74, 6) is -0.288. The average molecular weight is 185 g/mol. The first kappa shape index (κ1) is 12.0. The van der Waals surface area contributed by atoms with Gasteiger partial charge in [-0.2, -0.15) is 0 Å². The summed E-state index contributed by atoms with van der Waals surface area (Å²) in [4.78, 5) is 12.8. The van der Waals surface area contributed by atoms with E-state index >= 15 is 0 Å². The molecule has 0 bridgehead atoms. The zero-order valence-corrected chi connectivity index (χ0v) is 9.13. The van der Waals surface area contributed by atoms with Crippen LogP contribution in [0, 0.1) is 5.41 Å². The Morgan fingerprint density at radius 1 is 1.38 bits per heavy atom. The third-order valence-corrected chi connectivity index (χ3v) is 1.16. The Hall–Kier alpha value is -0.990. The van der Waals surface area contributed by atoms with Crippen LogP contribution in [-0.2, 0) is 9.53 Å². The van der Waals surface area contributed by atoms with E-state index in [2.05, 4.69) is 0 Å². The quantitative estimate of drug-likeness (QED) is 0.494. The number of rotatable bonds is 3. The van der Waals surface area contributed by atoms with Gasteiger partial charge in [-0.3, -0.25) is 0 Å². The van der Waals surface area contributed by atoms with Crippen molar-refractivity contribution in [3.05, 3.63) is 12.3 Å². The van der Waals surface area contributed by atoms with Gasteiger partial charge in [0.1, 0.15) is 0 Å². The van der Waals surface area contributed by atoms with Crippen LogP contribution in [0.15, 0.2) is 12.3 Å². The lowest BCUT2D eigenvalue weighted by Crippen LogP contribution is -2.17. The number of esters is 1. The summed E-state index contributed by atoms with van der Waals surface area (Å²) >= 11 is 0. The van der Waals surface area contributed by atoms with Crippen molar-refractivity contribution in [1.29, 1.82) is 0 Å². The summed E-state index contributed by atoms with van der Waals surface area (Å²) in [5, 5.41) is 0. The molecule has 0 aliphatic carbocycles. The zero-order valence-electron chi connectivity index (χ0n) is 9.13. The second-order valence-electron chi connectivity index (χ2n) is 4.45. The Morgan fingerprint density at radius 3 is 2.31 bits per heavy atom. The fourth-order valence-corrected chi connectivity index (χ4v) is 0.546. The molecule has 0 spiro atoms. The molecule has 0 saturated heterocycles. The highest BCUT2D eigenvalue weighted by atomic mass is 16.5. The van der Waals surface area contributed by atoms with Crippen molar-refractivity contribution in [2.45, 2.75) is 20.8 Å². The molecular formula is C10H19NO2. The second-order valence-corrected chi connectivity index (χ2v) is 4.45. The number of ether oxygens (including phenoxy) is 1. The lowest BCUT2D eigenvalue weighted by atomic mass is 9.99. The monoisotopic (exact) mass is 185 g/mol. The highest BCUT2D eigenvalue weighted by molar-refractivity contribution is 5.81. The predicted molar refractivity (Wildman–Crippen MR) is 53.2 cm³/mol. The molecule has 0 heterocycles. The summed E-state index contributed by atoms with van der Waals surface area (Å²) in [7, 11) is 3.71. The van der Waals surface area contributed by atoms with Crippen molar-refractivity contribution in [3.63, 3.8) is 0 Å². The van der Waals surface area contributed by atoms with Crippen LogP contribution in [0.1, 0.15) is 20.8 Å². The van der Waals surface area contributed by atoms with Gasteiger partial charge in [-0.15, -0.1) is 0 Å². The fraction of sp³-hybridized carbons (Fsp3) is 0.700. The van der Waals surface area contributed by atoms with Crippen molar-refractivity contribution in [1.82, 2.24) is 4.90 Å². The minimum Gasteiger partial charge on any atom is -0.462 e. The van der Waals surface area contributed by atoms with Gasteiger partial charge in [0.2, 0.25) is 0 Å². The van der Waals surface area contributed by atoms with Gasteiger partial charge >= 0.3 is 5.97 Å². The topological polar surface area (TPSA) is 29.5 Å². The van der Waals surface area contributed by atoms with Gasteiger partial charge in [-0.1, -0.05) is 20.8 Å². The van der Waals surface area contributed by atoms with E-state index in [9.17, 15) is 4.79 Å². The maximum atomic E-state index is 11.1. The van der Waals surface area contributed by atoms with Gasteiger partial charge in [0.15, 0.2) is 0 Å². The van der Waals surface area contributed by atoms with Crippen LogP contribution in [0.2, 0.25) is 0 Å². The molecule has 0 saturated carbocycles. The van der Waals surface area contributed by atoms with Crippen LogP contribution >= 0.6 is 0 Å². The van der Waals surface area contributed by atoms with Gasteiger partial charge < -0.3 is 9.64 Å². The minimum absolute atomic E-state index is 0.0294. The molecular weight excluding hydrogens is 166 g/mol. The maximum Gasteiger partial charge on any atom is 0.332 e. The lowest BCUT2D eigenvalue weighted by Gasteiger charge is -2.16. The molecule has 3 nitrogen and oxygen atoms in total. The number of hydrogen-bond acceptors (Lipinski definition) is 3. The van der Waals surface area contributed by atoms with Crippen molar-refractivity contribution in [3.8, 4) is 0 Å². The average Bonchev–Trinajstić information content (AvgIpc) is 1.95. The third kappa shape index (κ3) is 8.92. The summed E-state index contributed by atoms with van der Waals surface area (Å²) in [6, 6.07) is 0. The molecule has 3 heteroatoms. The third-order valence-electron chi connectivity index (χ3n) is 1.16. The highest BCUT2D eigenvalue weighted by Crippen LogP contribution is 2.12. The number of hydrogen-bond donors (Lipinski definition) is 0. The first-order valence-electron chi connectivity index (χ1n) is 4.33. The standard InChI is InChI=1S/C10H19NO2/c1-10(2,3)8-13-9(12)6-7-11(4)5/h6-7H,8H2,1-5H3/b7-6+. The molecule has 0 rings (SSSR count). The predicted octanol–water partition coefficient (Wildman–Crippen LogP) is 1.65. The first-order valence-corrected chi connectivity index (χ1v) is 4.33. The summed E-state index contributed by atoms with van der Waals surface area (Å²) < 4.78 is 5.00. The molecule has 0 radical (unpaired) electrons. The zero-order chi connectivity index (χ0) is 10.5. The highest BCUT2D eigenvalue weighted by Gasteiger charge is 2.12. The Bertz CT molecular complexity index is 190. The van der Waals surface area contributed by atoms with Gasteiger partial charge in [0.05, 0.1) is 6.61 Å². The van der Waals surface area contributed by atoms with Crippen LogP contribution in [0.5, 0.6) is 0 Å². The second kappa shape index (κ2) is 4.90. The maximum absolute atomic E-state index is 11.1. The Morgan fingerprint density at radius 2 is 1.92 bits per heavy atom. The molecule has 0 amide bonds. The van der Waals surface area contributed by atoms with Crippen molar-refractivity contribution >= 4 is 5.97 Å². The van der Waals surface area contributed by atoms with Crippen LogP contribution in [-0.4, -0.2) is 31.6 Å². The minimum atomic E-state index is -0.288. The van der Waals surface area contributed by atoms with E-state index in [1.165, 1.54) is 6.08 Å². The van der Waals surface area contributed by atoms with Crippen LogP contribution in [0.4, 0.5) is 0 Å². The fourth-order valence-electron chi connectivity index (χ4n) is 0.546. The summed E-state index contributed by atoms with van der Waals surface area (Å²) in [6.07, 6.45) is 3.09. The molecule has 0 atom stereocenters. The van der Waals surface area contributed by atoms with E-state index in [4.69, 9.17) is 4.74 Å². The van der Waals surface area contributed by atoms with Gasteiger partial charge in [-0.25, -0.2) is 4.79 Å². The van der Waals surface area contributed by atoms with Gasteiger partial charge in [-0.05, 0) is 5.41 Å².